The number of hydrogen-bond donors (Lipinski definition) is 1. The molecule has 0 fully saturated rings. The molecular weight excluding hydrogens is 306 g/mol. The van der Waals surface area contributed by atoms with Gasteiger partial charge in [0, 0.05) is 5.56 Å². The van der Waals surface area contributed by atoms with E-state index in [0.29, 0.717) is 5.17 Å². The molecule has 0 unspecified atom stereocenters. The van der Waals surface area contributed by atoms with Crippen LogP contribution in [0.2, 0.25) is 0 Å². The second-order valence-corrected chi connectivity index (χ2v) is 5.62. The maximum absolute atomic E-state index is 8.61. The molecule has 0 bridgehead atoms. The molecule has 0 amide bonds. The van der Waals surface area contributed by atoms with E-state index in [0.717, 1.165) is 21.2 Å². The number of nitrogens with zero attached hydrogens (tertiary/aromatic N) is 6. The summed E-state index contributed by atoms with van der Waals surface area (Å²) < 4.78 is 1.65. The minimum Gasteiger partial charge on any atom is -0.271 e. The number of nitriles is 1. The molecule has 0 saturated carbocycles. The van der Waals surface area contributed by atoms with Gasteiger partial charge in [0.2, 0.25) is 4.96 Å². The Kier molecular flexibility index (Phi) is 3.81. The Morgan fingerprint density at radius 1 is 1.43 bits per heavy atom. The summed E-state index contributed by atoms with van der Waals surface area (Å²) in [7, 11) is 0. The number of aromatic nitrogens is 4. The van der Waals surface area contributed by atoms with Gasteiger partial charge in [-0.15, -0.1) is 10.2 Å². The van der Waals surface area contributed by atoms with E-state index in [1.165, 1.54) is 23.1 Å². The molecule has 0 spiro atoms. The minimum absolute atomic E-state index is 0.559. The third-order valence-electron chi connectivity index (χ3n) is 2.59. The Labute approximate surface area is 128 Å². The molecule has 3 rings (SSSR count). The van der Waals surface area contributed by atoms with Crippen molar-refractivity contribution in [3.8, 4) is 16.8 Å². The molecule has 0 aliphatic carbocycles. The fourth-order valence-corrected chi connectivity index (χ4v) is 2.81. The lowest BCUT2D eigenvalue weighted by Gasteiger charge is -2.00. The smallest absolute Gasteiger partial charge is 0.234 e. The van der Waals surface area contributed by atoms with Crippen molar-refractivity contribution >= 4 is 38.9 Å². The van der Waals surface area contributed by atoms with Gasteiger partial charge >= 0.3 is 0 Å². The summed E-state index contributed by atoms with van der Waals surface area (Å²) in [5, 5.41) is 24.7. The van der Waals surface area contributed by atoms with Crippen molar-refractivity contribution < 1.29 is 0 Å². The van der Waals surface area contributed by atoms with E-state index in [2.05, 4.69) is 25.6 Å². The van der Waals surface area contributed by atoms with Gasteiger partial charge in [0.1, 0.15) is 11.3 Å². The van der Waals surface area contributed by atoms with Crippen LogP contribution in [0.15, 0.2) is 35.6 Å². The highest BCUT2D eigenvalue weighted by Gasteiger charge is 2.07. The van der Waals surface area contributed by atoms with Crippen LogP contribution in [-0.2, 0) is 0 Å². The summed E-state index contributed by atoms with van der Waals surface area (Å²) in [5.41, 5.74) is 1.76. The number of rotatable bonds is 2. The largest absolute Gasteiger partial charge is 0.271 e. The maximum Gasteiger partial charge on any atom is 0.234 e. The summed E-state index contributed by atoms with van der Waals surface area (Å²) >= 11 is 2.85. The monoisotopic (exact) mass is 315 g/mol. The number of aliphatic imine (C=N–C) groups is 1. The first-order valence-corrected chi connectivity index (χ1v) is 7.89. The van der Waals surface area contributed by atoms with Crippen LogP contribution >= 0.6 is 23.1 Å². The number of amidine groups is 1. The fourth-order valence-electron chi connectivity index (χ4n) is 1.64. The number of nitrogens with one attached hydrogen (secondary N) is 1. The first kappa shape index (κ1) is 13.5. The van der Waals surface area contributed by atoms with E-state index < -0.39 is 0 Å². The van der Waals surface area contributed by atoms with Gasteiger partial charge < -0.3 is 0 Å². The first-order chi connectivity index (χ1) is 10.3. The lowest BCUT2D eigenvalue weighted by Crippen LogP contribution is -2.12. The summed E-state index contributed by atoms with van der Waals surface area (Å²) in [6, 6.07) is 7.64. The zero-order valence-electron chi connectivity index (χ0n) is 10.9. The van der Waals surface area contributed by atoms with Crippen molar-refractivity contribution in [3.63, 3.8) is 0 Å². The molecule has 2 heterocycles. The van der Waals surface area contributed by atoms with Crippen LogP contribution in [0.25, 0.3) is 15.5 Å². The fraction of sp³-hybridized carbons (Fsp3) is 0.0833. The number of thioether (sulfide) groups is 1. The molecule has 0 saturated heterocycles. The molecular formula is C12H9N7S2. The highest BCUT2D eigenvalue weighted by molar-refractivity contribution is 8.13. The lowest BCUT2D eigenvalue weighted by atomic mass is 10.2. The van der Waals surface area contributed by atoms with Crippen LogP contribution in [0.3, 0.4) is 0 Å². The van der Waals surface area contributed by atoms with Crippen LogP contribution in [0.4, 0.5) is 5.69 Å². The second kappa shape index (κ2) is 5.90. The minimum atomic E-state index is 0.559. The van der Waals surface area contributed by atoms with Gasteiger partial charge in [-0.1, -0.05) is 23.1 Å². The Hall–Kier alpha value is -2.44. The summed E-state index contributed by atoms with van der Waals surface area (Å²) in [6.07, 6.45) is 5.30. The molecule has 1 N–H and O–H groups in total. The highest BCUT2D eigenvalue weighted by Crippen LogP contribution is 2.26. The number of fused-ring (bicyclic) bond motifs is 1. The number of hydrogen-bond acceptors (Lipinski definition) is 7. The Morgan fingerprint density at radius 2 is 2.24 bits per heavy atom. The highest BCUT2D eigenvalue weighted by atomic mass is 32.2. The Balaban J connectivity index is 1.87. The van der Waals surface area contributed by atoms with Crippen molar-refractivity contribution in [1.82, 2.24) is 25.1 Å². The predicted octanol–water partition coefficient (Wildman–Crippen LogP) is 2.27. The van der Waals surface area contributed by atoms with E-state index in [1.54, 1.807) is 10.8 Å². The molecule has 0 radical (unpaired) electrons. The molecule has 3 aromatic rings. The van der Waals surface area contributed by atoms with Crippen LogP contribution in [-0.4, -0.2) is 31.2 Å². The molecule has 104 valence electrons. The summed E-state index contributed by atoms with van der Waals surface area (Å²) in [4.78, 5) is 5.10. The number of benzene rings is 1. The quantitative estimate of drug-likeness (QED) is 0.337. The zero-order chi connectivity index (χ0) is 14.7. The van der Waals surface area contributed by atoms with Crippen LogP contribution < -0.4 is 5.32 Å². The third-order valence-corrected chi connectivity index (χ3v) is 4.13. The molecule has 1 aromatic carbocycles. The maximum atomic E-state index is 8.61. The average Bonchev–Trinajstić information content (AvgIpc) is 3.09. The average molecular weight is 315 g/mol. The topological polar surface area (TPSA) is 91.3 Å². The Bertz CT molecular complexity index is 797. The van der Waals surface area contributed by atoms with Crippen LogP contribution in [0, 0.1) is 11.5 Å². The first-order valence-electron chi connectivity index (χ1n) is 5.85. The zero-order valence-corrected chi connectivity index (χ0v) is 12.5. The normalized spacial score (nSPS) is 11.5. The molecule has 21 heavy (non-hydrogen) atoms. The summed E-state index contributed by atoms with van der Waals surface area (Å²) in [6.45, 7) is 0. The van der Waals surface area contributed by atoms with E-state index >= 15 is 0 Å². The van der Waals surface area contributed by atoms with Crippen molar-refractivity contribution in [3.05, 3.63) is 30.6 Å². The van der Waals surface area contributed by atoms with E-state index in [4.69, 9.17) is 5.26 Å². The second-order valence-electron chi connectivity index (χ2n) is 3.87. The molecule has 0 atom stereocenters. The van der Waals surface area contributed by atoms with Crippen molar-refractivity contribution in [2.24, 2.45) is 4.99 Å². The molecule has 0 aliphatic rings. The Morgan fingerprint density at radius 3 is 2.90 bits per heavy atom. The van der Waals surface area contributed by atoms with E-state index in [-0.39, 0.29) is 0 Å². The van der Waals surface area contributed by atoms with Crippen molar-refractivity contribution in [1.29, 1.82) is 5.26 Å². The summed E-state index contributed by atoms with van der Waals surface area (Å²) in [5.74, 6) is 0. The van der Waals surface area contributed by atoms with Gasteiger partial charge in [0.15, 0.2) is 11.4 Å². The predicted molar refractivity (Wildman–Crippen MR) is 83.5 cm³/mol. The van der Waals surface area contributed by atoms with Gasteiger partial charge in [0.05, 0.1) is 5.69 Å². The molecule has 9 heteroatoms. The molecule has 0 aliphatic heterocycles. The van der Waals surface area contributed by atoms with Crippen LogP contribution in [0.5, 0.6) is 0 Å². The van der Waals surface area contributed by atoms with E-state index in [1.807, 2.05) is 36.7 Å². The standard InChI is InChI=1S/C12H9N7S2/c1-20-11(14-6-13)16-9-4-2-8(3-5-9)10-18-19-7-15-17-12(19)21-10/h2-5,7H,1H3,(H,14,16). The van der Waals surface area contributed by atoms with Gasteiger partial charge in [-0.25, -0.2) is 4.99 Å². The van der Waals surface area contributed by atoms with Gasteiger partial charge in [0.25, 0.3) is 0 Å². The van der Waals surface area contributed by atoms with E-state index in [9.17, 15) is 0 Å². The van der Waals surface area contributed by atoms with Crippen molar-refractivity contribution in [2.45, 2.75) is 0 Å². The van der Waals surface area contributed by atoms with Gasteiger partial charge in [-0.2, -0.15) is 14.9 Å². The van der Waals surface area contributed by atoms with Gasteiger partial charge in [-0.05, 0) is 30.5 Å². The SMILES string of the molecule is CSC(=Nc1ccc(-c2nn3cnnc3s2)cc1)NC#N. The van der Waals surface area contributed by atoms with Crippen molar-refractivity contribution in [2.75, 3.05) is 6.26 Å². The molecule has 7 nitrogen and oxygen atoms in total. The lowest BCUT2D eigenvalue weighted by molar-refractivity contribution is 0.960. The van der Waals surface area contributed by atoms with Crippen LogP contribution in [0.1, 0.15) is 0 Å². The van der Waals surface area contributed by atoms with Gasteiger partial charge in [-0.3, -0.25) is 5.32 Å². The third kappa shape index (κ3) is 2.86. The molecule has 2 aromatic heterocycles.